The third kappa shape index (κ3) is 1.10. The smallest absolute Gasteiger partial charge is 0.0189 e. The van der Waals surface area contributed by atoms with E-state index in [2.05, 4.69) is 18.0 Å². The topological polar surface area (TPSA) is 3.24 Å². The van der Waals surface area contributed by atoms with Gasteiger partial charge in [-0.05, 0) is 32.2 Å². The minimum Gasteiger partial charge on any atom is -0.302 e. The van der Waals surface area contributed by atoms with E-state index in [0.29, 0.717) is 0 Å². The van der Waals surface area contributed by atoms with Gasteiger partial charge in [0.2, 0.25) is 0 Å². The van der Waals surface area contributed by atoms with E-state index >= 15 is 0 Å². The first-order valence-corrected chi connectivity index (χ1v) is 4.21. The fourth-order valence-corrected chi connectivity index (χ4v) is 2.10. The van der Waals surface area contributed by atoms with Crippen molar-refractivity contribution in [1.29, 1.82) is 0 Å². The van der Waals surface area contributed by atoms with Crippen LogP contribution < -0.4 is 0 Å². The maximum atomic E-state index is 2.46. The molecular weight excluding hydrogens is 122 g/mol. The summed E-state index contributed by atoms with van der Waals surface area (Å²) in [6.07, 6.45) is 6.61. The number of allylic oxidation sites excluding steroid dienone is 1. The van der Waals surface area contributed by atoms with Gasteiger partial charge in [-0.3, -0.25) is 0 Å². The van der Waals surface area contributed by atoms with Crippen molar-refractivity contribution in [3.8, 4) is 0 Å². The van der Waals surface area contributed by atoms with Gasteiger partial charge in [0.25, 0.3) is 0 Å². The molecule has 0 radical (unpaired) electrons. The lowest BCUT2D eigenvalue weighted by Gasteiger charge is -2.16. The molecule has 1 aliphatic carbocycles. The molecule has 0 aromatic rings. The summed E-state index contributed by atoms with van der Waals surface area (Å²) in [5.41, 5.74) is 1.68. The second kappa shape index (κ2) is 2.39. The van der Waals surface area contributed by atoms with E-state index in [4.69, 9.17) is 0 Å². The van der Waals surface area contributed by atoms with Gasteiger partial charge in [0.15, 0.2) is 0 Å². The van der Waals surface area contributed by atoms with Crippen LogP contribution in [0.5, 0.6) is 0 Å². The molecule has 56 valence electrons. The first-order valence-electron chi connectivity index (χ1n) is 4.21. The average Bonchev–Trinajstić information content (AvgIpc) is 2.17. The Labute approximate surface area is 62.7 Å². The van der Waals surface area contributed by atoms with Crippen molar-refractivity contribution < 1.29 is 0 Å². The highest BCUT2D eigenvalue weighted by Crippen LogP contribution is 2.28. The molecule has 2 heterocycles. The molecule has 1 unspecified atom stereocenters. The van der Waals surface area contributed by atoms with Gasteiger partial charge in [0.05, 0.1) is 0 Å². The van der Waals surface area contributed by atoms with Gasteiger partial charge in [-0.1, -0.05) is 11.6 Å². The van der Waals surface area contributed by atoms with Crippen molar-refractivity contribution in [2.75, 3.05) is 20.1 Å². The Kier molecular flexibility index (Phi) is 1.53. The molecule has 1 atom stereocenters. The van der Waals surface area contributed by atoms with E-state index in [1.165, 1.54) is 32.4 Å². The van der Waals surface area contributed by atoms with Crippen LogP contribution in [0.1, 0.15) is 19.3 Å². The Hall–Kier alpha value is -0.300. The minimum atomic E-state index is 0.969. The SMILES string of the molecule is CN1CC2=CCC(CC2)C1. The summed E-state index contributed by atoms with van der Waals surface area (Å²) in [5, 5.41) is 0. The Balaban J connectivity index is 2.16. The Bertz CT molecular complexity index is 160. The monoisotopic (exact) mass is 137 g/mol. The summed E-state index contributed by atoms with van der Waals surface area (Å²) in [4.78, 5) is 2.45. The highest BCUT2D eigenvalue weighted by Gasteiger charge is 2.20. The number of nitrogens with zero attached hydrogens (tertiary/aromatic N) is 1. The fourth-order valence-electron chi connectivity index (χ4n) is 2.10. The van der Waals surface area contributed by atoms with Crippen molar-refractivity contribution in [3.05, 3.63) is 11.6 Å². The summed E-state index contributed by atoms with van der Waals surface area (Å²) >= 11 is 0. The molecule has 10 heavy (non-hydrogen) atoms. The van der Waals surface area contributed by atoms with Crippen LogP contribution in [0.3, 0.4) is 0 Å². The van der Waals surface area contributed by atoms with Crippen LogP contribution >= 0.6 is 0 Å². The summed E-state index contributed by atoms with van der Waals surface area (Å²) < 4.78 is 0. The first-order chi connectivity index (χ1) is 4.84. The van der Waals surface area contributed by atoms with Crippen molar-refractivity contribution in [2.24, 2.45) is 5.92 Å². The Morgan fingerprint density at radius 3 is 3.20 bits per heavy atom. The summed E-state index contributed by atoms with van der Waals surface area (Å²) in [6.45, 7) is 2.55. The summed E-state index contributed by atoms with van der Waals surface area (Å²) in [7, 11) is 2.23. The molecule has 1 heteroatoms. The molecule has 0 saturated carbocycles. The van der Waals surface area contributed by atoms with E-state index < -0.39 is 0 Å². The summed E-state index contributed by atoms with van der Waals surface area (Å²) in [6, 6.07) is 0. The lowest BCUT2D eigenvalue weighted by Crippen LogP contribution is -2.22. The fraction of sp³-hybridized carbons (Fsp3) is 0.778. The maximum Gasteiger partial charge on any atom is 0.0189 e. The number of rotatable bonds is 0. The predicted octanol–water partition coefficient (Wildman–Crippen LogP) is 1.66. The van der Waals surface area contributed by atoms with Crippen molar-refractivity contribution in [2.45, 2.75) is 19.3 Å². The highest BCUT2D eigenvalue weighted by molar-refractivity contribution is 5.11. The first kappa shape index (κ1) is 6.41. The molecule has 2 bridgehead atoms. The zero-order valence-electron chi connectivity index (χ0n) is 6.64. The van der Waals surface area contributed by atoms with E-state index in [1.807, 2.05) is 0 Å². The molecule has 3 rings (SSSR count). The van der Waals surface area contributed by atoms with Gasteiger partial charge >= 0.3 is 0 Å². The molecule has 0 amide bonds. The van der Waals surface area contributed by atoms with Crippen LogP contribution in [-0.4, -0.2) is 25.0 Å². The van der Waals surface area contributed by atoms with Gasteiger partial charge in [0.1, 0.15) is 0 Å². The lowest BCUT2D eigenvalue weighted by atomic mass is 9.92. The quantitative estimate of drug-likeness (QED) is 0.459. The average molecular weight is 137 g/mol. The third-order valence-corrected chi connectivity index (χ3v) is 2.66. The van der Waals surface area contributed by atoms with E-state index in [1.54, 1.807) is 5.57 Å². The molecule has 0 aromatic carbocycles. The zero-order valence-corrected chi connectivity index (χ0v) is 6.64. The minimum absolute atomic E-state index is 0.969. The molecule has 0 aromatic heterocycles. The second-order valence-corrected chi connectivity index (χ2v) is 3.70. The number of fused-ring (bicyclic) bond motifs is 4. The van der Waals surface area contributed by atoms with Crippen LogP contribution in [0.15, 0.2) is 11.6 Å². The maximum absolute atomic E-state index is 2.46. The molecule has 0 spiro atoms. The predicted molar refractivity (Wildman–Crippen MR) is 42.9 cm³/mol. The van der Waals surface area contributed by atoms with Gasteiger partial charge < -0.3 is 4.90 Å². The van der Waals surface area contributed by atoms with Gasteiger partial charge in [-0.2, -0.15) is 0 Å². The number of likely N-dealkylation sites (N-methyl/N-ethyl adjacent to an activating group) is 1. The normalized spacial score (nSPS) is 33.7. The van der Waals surface area contributed by atoms with Crippen LogP contribution in [0.4, 0.5) is 0 Å². The van der Waals surface area contributed by atoms with Crippen LogP contribution in [0.25, 0.3) is 0 Å². The van der Waals surface area contributed by atoms with Crippen molar-refractivity contribution in [1.82, 2.24) is 4.90 Å². The number of hydrogen-bond donors (Lipinski definition) is 0. The number of hydrogen-bond acceptors (Lipinski definition) is 1. The second-order valence-electron chi connectivity index (χ2n) is 3.70. The Morgan fingerprint density at radius 1 is 1.60 bits per heavy atom. The van der Waals surface area contributed by atoms with Gasteiger partial charge in [-0.15, -0.1) is 0 Å². The van der Waals surface area contributed by atoms with E-state index in [-0.39, 0.29) is 0 Å². The molecule has 1 nitrogen and oxygen atoms in total. The van der Waals surface area contributed by atoms with Crippen molar-refractivity contribution in [3.63, 3.8) is 0 Å². The third-order valence-electron chi connectivity index (χ3n) is 2.66. The van der Waals surface area contributed by atoms with Crippen LogP contribution in [0, 0.1) is 5.92 Å². The summed E-state index contributed by atoms with van der Waals surface area (Å²) in [5.74, 6) is 0.969. The van der Waals surface area contributed by atoms with Gasteiger partial charge in [0, 0.05) is 13.1 Å². The Morgan fingerprint density at radius 2 is 2.50 bits per heavy atom. The lowest BCUT2D eigenvalue weighted by molar-refractivity contribution is 0.316. The van der Waals surface area contributed by atoms with E-state index in [9.17, 15) is 0 Å². The largest absolute Gasteiger partial charge is 0.302 e. The molecule has 1 saturated heterocycles. The highest BCUT2D eigenvalue weighted by atomic mass is 15.1. The molecular formula is C9H15N. The van der Waals surface area contributed by atoms with Crippen LogP contribution in [-0.2, 0) is 0 Å². The van der Waals surface area contributed by atoms with Gasteiger partial charge in [-0.25, -0.2) is 0 Å². The molecule has 0 N–H and O–H groups in total. The molecule has 2 aliphatic heterocycles. The zero-order chi connectivity index (χ0) is 6.97. The van der Waals surface area contributed by atoms with E-state index in [0.717, 1.165) is 5.92 Å². The van der Waals surface area contributed by atoms with Crippen LogP contribution in [0.2, 0.25) is 0 Å². The standard InChI is InChI=1S/C9H15N/c1-10-6-8-2-3-9(7-10)5-4-8/h2,9H,3-7H2,1H3. The molecule has 3 aliphatic rings. The van der Waals surface area contributed by atoms with Crippen molar-refractivity contribution >= 4 is 0 Å². The molecule has 1 fully saturated rings.